The monoisotopic (exact) mass is 352 g/mol. The Morgan fingerprint density at radius 1 is 0.375 bits per heavy atom. The zero-order chi connectivity index (χ0) is 0. The molecule has 8 heavy (non-hydrogen) atoms. The summed E-state index contributed by atoms with van der Waals surface area (Å²) >= 11 is 0. The van der Waals surface area contributed by atoms with Gasteiger partial charge in [0.15, 0.2) is 0 Å². The van der Waals surface area contributed by atoms with Crippen molar-refractivity contribution in [1.82, 2.24) is 0 Å². The normalized spacial score (nSPS) is 0. The van der Waals surface area contributed by atoms with Gasteiger partial charge in [-0.1, -0.05) is 0 Å². The molecule has 0 fully saturated rings. The molecule has 0 aliphatic heterocycles. The maximum atomic E-state index is 0. The van der Waals surface area contributed by atoms with E-state index in [4.69, 9.17) is 0 Å². The van der Waals surface area contributed by atoms with E-state index in [0.29, 0.717) is 0 Å². The molecule has 0 saturated carbocycles. The second-order valence-electron chi connectivity index (χ2n) is 0. The average Bonchev–Trinajstić information content (AvgIpc) is 0. The largest absolute Gasteiger partial charge is 1.00 e. The molecular weight excluding hydrogens is 354 g/mol. The van der Waals surface area contributed by atoms with Gasteiger partial charge in [-0.15, -0.1) is 0 Å². The van der Waals surface area contributed by atoms with Crippen LogP contribution in [0.4, 0.5) is 0 Å². The molecule has 0 aromatic carbocycles. The van der Waals surface area contributed by atoms with Gasteiger partial charge in [0.05, 0.1) is 0 Å². The molecule has 0 unspecified atom stereocenters. The van der Waals surface area contributed by atoms with E-state index in [-0.39, 0.29) is 202 Å². The smallest absolute Gasteiger partial charge is 1.00 e. The van der Waals surface area contributed by atoms with Crippen molar-refractivity contribution >= 4 is 0 Å². The summed E-state index contributed by atoms with van der Waals surface area (Å²) in [6, 6.07) is 0. The predicted molar refractivity (Wildman–Crippen MR) is 4.45 cm³/mol. The second-order valence-corrected chi connectivity index (χ2v) is 0. The van der Waals surface area contributed by atoms with Crippen molar-refractivity contribution in [3.63, 3.8) is 0 Å². The minimum absolute atomic E-state index is 0. The first kappa shape index (κ1) is 62.6. The molecule has 0 nitrogen and oxygen atoms in total. The van der Waals surface area contributed by atoms with Gasteiger partial charge in [0.25, 0.3) is 0 Å². The fourth-order valence-corrected chi connectivity index (χ4v) is 0. The van der Waals surface area contributed by atoms with Crippen molar-refractivity contribution in [3.8, 4) is 0 Å². The van der Waals surface area contributed by atoms with Gasteiger partial charge in [0.1, 0.15) is 0 Å². The van der Waals surface area contributed by atoms with Crippen LogP contribution in [0.15, 0.2) is 0 Å². The van der Waals surface area contributed by atoms with Crippen LogP contribution in [0.1, 0.15) is 5.71 Å². The molecule has 0 aliphatic rings. The first-order valence-corrected chi connectivity index (χ1v) is 0. The standard InChI is InChI=1S/4Na.4Zn.4H/q4*+1;;;;;4*-1. The molecule has 0 saturated heterocycles. The van der Waals surface area contributed by atoms with Crippen molar-refractivity contribution < 1.29 is 202 Å². The van der Waals surface area contributed by atoms with E-state index in [1.54, 1.807) is 0 Å². The van der Waals surface area contributed by atoms with E-state index in [2.05, 4.69) is 0 Å². The van der Waals surface area contributed by atoms with Crippen LogP contribution in [0.25, 0.3) is 0 Å². The van der Waals surface area contributed by atoms with E-state index >= 15 is 0 Å². The summed E-state index contributed by atoms with van der Waals surface area (Å²) in [4.78, 5) is 0. The maximum absolute atomic E-state index is 0. The summed E-state index contributed by atoms with van der Waals surface area (Å²) in [7, 11) is 0. The molecule has 0 aromatic heterocycles. The Bertz CT molecular complexity index is 19.0. The Morgan fingerprint density at radius 3 is 0.375 bits per heavy atom. The summed E-state index contributed by atoms with van der Waals surface area (Å²) in [5.41, 5.74) is 0. The van der Waals surface area contributed by atoms with Gasteiger partial charge in [-0.2, -0.15) is 0 Å². The molecule has 0 rings (SSSR count). The van der Waals surface area contributed by atoms with Gasteiger partial charge in [0.2, 0.25) is 0 Å². The van der Waals surface area contributed by atoms with Crippen LogP contribution in [0.2, 0.25) is 0 Å². The molecule has 0 bridgehead atoms. The van der Waals surface area contributed by atoms with Crippen molar-refractivity contribution in [2.75, 3.05) is 0 Å². The molecule has 0 N–H and O–H groups in total. The zero-order valence-electron chi connectivity index (χ0n) is 10.8. The van der Waals surface area contributed by atoms with Crippen LogP contribution in [-0.4, -0.2) is 0 Å². The van der Waals surface area contributed by atoms with Crippen LogP contribution in [0, 0.1) is 0 Å². The second kappa shape index (κ2) is 49.9. The number of hydrogen-bond acceptors (Lipinski definition) is 0. The van der Waals surface area contributed by atoms with Gasteiger partial charge in [-0.3, -0.25) is 0 Å². The van der Waals surface area contributed by atoms with Gasteiger partial charge in [0, 0.05) is 77.9 Å². The van der Waals surface area contributed by atoms with E-state index < -0.39 is 0 Å². The Labute approximate surface area is 196 Å². The molecule has 0 atom stereocenters. The molecule has 16 valence electrons. The molecular formula is H4Na4Zn4. The van der Waals surface area contributed by atoms with Gasteiger partial charge in [-0.25, -0.2) is 0 Å². The quantitative estimate of drug-likeness (QED) is 0.378. The third-order valence-electron chi connectivity index (χ3n) is 0. The minimum atomic E-state index is 0. The third-order valence-corrected chi connectivity index (χ3v) is 0. The Hall–Kier alpha value is 6.49. The summed E-state index contributed by atoms with van der Waals surface area (Å²) < 4.78 is 0. The maximum Gasteiger partial charge on any atom is 1.00 e. The fourth-order valence-electron chi connectivity index (χ4n) is 0. The SMILES string of the molecule is [H-].[H-].[H-].[H-].[Na+].[Na+].[Na+].[Na+].[Zn].[Zn].[Zn].[Zn]. The van der Waals surface area contributed by atoms with E-state index in [1.165, 1.54) is 0 Å². The van der Waals surface area contributed by atoms with E-state index in [0.717, 1.165) is 0 Å². The molecule has 0 radical (unpaired) electrons. The van der Waals surface area contributed by atoms with Crippen molar-refractivity contribution in [2.24, 2.45) is 0 Å². The molecule has 0 spiro atoms. The molecule has 0 heterocycles. The Kier molecular flexibility index (Phi) is 391. The van der Waals surface area contributed by atoms with Gasteiger partial charge < -0.3 is 5.71 Å². The van der Waals surface area contributed by atoms with Gasteiger partial charge in [-0.05, 0) is 0 Å². The van der Waals surface area contributed by atoms with E-state index in [9.17, 15) is 0 Å². The number of rotatable bonds is 0. The molecule has 0 amide bonds. The average molecular weight is 358 g/mol. The topological polar surface area (TPSA) is 0 Å². The van der Waals surface area contributed by atoms with Crippen LogP contribution in [0.3, 0.4) is 0 Å². The van der Waals surface area contributed by atoms with Crippen LogP contribution >= 0.6 is 0 Å². The molecule has 0 aromatic rings. The van der Waals surface area contributed by atoms with Crippen molar-refractivity contribution in [1.29, 1.82) is 0 Å². The first-order chi connectivity index (χ1) is 0. The van der Waals surface area contributed by atoms with Crippen LogP contribution < -0.4 is 118 Å². The summed E-state index contributed by atoms with van der Waals surface area (Å²) in [5.74, 6) is 0. The fraction of sp³-hybridized carbons (Fsp3) is 0. The van der Waals surface area contributed by atoms with Crippen molar-refractivity contribution in [2.45, 2.75) is 0 Å². The minimum Gasteiger partial charge on any atom is -1.00 e. The zero-order valence-corrected chi connectivity index (χ0v) is 26.7. The third kappa shape index (κ3) is 39.1. The van der Waals surface area contributed by atoms with Crippen molar-refractivity contribution in [3.05, 3.63) is 0 Å². The summed E-state index contributed by atoms with van der Waals surface area (Å²) in [5, 5.41) is 0. The Morgan fingerprint density at radius 2 is 0.375 bits per heavy atom. The number of hydrogen-bond donors (Lipinski definition) is 0. The predicted octanol–water partition coefficient (Wildman–Crippen LogP) is -11.5. The summed E-state index contributed by atoms with van der Waals surface area (Å²) in [6.07, 6.45) is 0. The molecule has 8 heteroatoms. The Balaban J connectivity index is 0. The first-order valence-electron chi connectivity index (χ1n) is 0. The van der Waals surface area contributed by atoms with Crippen LogP contribution in [-0.2, 0) is 77.9 Å². The molecule has 0 aliphatic carbocycles. The van der Waals surface area contributed by atoms with E-state index in [1.807, 2.05) is 0 Å². The van der Waals surface area contributed by atoms with Gasteiger partial charge >= 0.3 is 118 Å². The summed E-state index contributed by atoms with van der Waals surface area (Å²) in [6.45, 7) is 0. The van der Waals surface area contributed by atoms with Crippen LogP contribution in [0.5, 0.6) is 0 Å².